The standard InChI is InChI=1S/C13H22N2OS/c1-3-9(2)12(16)7-14-6-11-8-17-13(15-11)10-4-5-10/h8-10,12,14,16H,3-7H2,1-2H3. The summed E-state index contributed by atoms with van der Waals surface area (Å²) in [7, 11) is 0. The van der Waals surface area contributed by atoms with Crippen LogP contribution in [-0.2, 0) is 6.54 Å². The van der Waals surface area contributed by atoms with Crippen molar-refractivity contribution in [2.45, 2.75) is 51.7 Å². The smallest absolute Gasteiger partial charge is 0.0959 e. The number of thiazole rings is 1. The number of hydrogen-bond donors (Lipinski definition) is 2. The molecule has 1 aromatic rings. The van der Waals surface area contributed by atoms with E-state index in [9.17, 15) is 5.11 Å². The van der Waals surface area contributed by atoms with Gasteiger partial charge in [-0.05, 0) is 18.8 Å². The van der Waals surface area contributed by atoms with E-state index in [1.165, 1.54) is 17.8 Å². The number of nitrogens with one attached hydrogen (secondary N) is 1. The van der Waals surface area contributed by atoms with E-state index < -0.39 is 0 Å². The molecule has 0 aromatic carbocycles. The van der Waals surface area contributed by atoms with Crippen LogP contribution in [0, 0.1) is 5.92 Å². The minimum atomic E-state index is -0.249. The molecule has 1 aliphatic carbocycles. The van der Waals surface area contributed by atoms with Gasteiger partial charge in [-0.15, -0.1) is 11.3 Å². The summed E-state index contributed by atoms with van der Waals surface area (Å²) in [5.74, 6) is 1.11. The van der Waals surface area contributed by atoms with E-state index in [1.54, 1.807) is 11.3 Å². The summed E-state index contributed by atoms with van der Waals surface area (Å²) < 4.78 is 0. The van der Waals surface area contributed by atoms with Crippen LogP contribution in [0.2, 0.25) is 0 Å². The Kier molecular flexibility index (Phi) is 4.54. The maximum Gasteiger partial charge on any atom is 0.0959 e. The van der Waals surface area contributed by atoms with Gasteiger partial charge in [-0.25, -0.2) is 4.98 Å². The van der Waals surface area contributed by atoms with Gasteiger partial charge < -0.3 is 10.4 Å². The fourth-order valence-electron chi connectivity index (χ4n) is 1.74. The van der Waals surface area contributed by atoms with Crippen LogP contribution >= 0.6 is 11.3 Å². The van der Waals surface area contributed by atoms with Crippen molar-refractivity contribution in [2.75, 3.05) is 6.54 Å². The molecule has 96 valence electrons. The molecule has 1 fully saturated rings. The zero-order valence-electron chi connectivity index (χ0n) is 10.6. The molecule has 3 nitrogen and oxygen atoms in total. The Morgan fingerprint density at radius 1 is 1.59 bits per heavy atom. The third-order valence-electron chi connectivity index (χ3n) is 3.46. The van der Waals surface area contributed by atoms with Gasteiger partial charge in [0.1, 0.15) is 0 Å². The summed E-state index contributed by atoms with van der Waals surface area (Å²) >= 11 is 1.78. The lowest BCUT2D eigenvalue weighted by Crippen LogP contribution is -2.31. The highest BCUT2D eigenvalue weighted by Crippen LogP contribution is 2.41. The van der Waals surface area contributed by atoms with Crippen LogP contribution in [0.4, 0.5) is 0 Å². The minimum absolute atomic E-state index is 0.249. The molecule has 2 rings (SSSR count). The van der Waals surface area contributed by atoms with Crippen LogP contribution in [0.25, 0.3) is 0 Å². The van der Waals surface area contributed by atoms with Crippen molar-refractivity contribution >= 4 is 11.3 Å². The van der Waals surface area contributed by atoms with Gasteiger partial charge in [0.15, 0.2) is 0 Å². The largest absolute Gasteiger partial charge is 0.392 e. The summed E-state index contributed by atoms with van der Waals surface area (Å²) in [5, 5.41) is 16.5. The lowest BCUT2D eigenvalue weighted by atomic mass is 10.0. The van der Waals surface area contributed by atoms with E-state index in [0.717, 1.165) is 24.6 Å². The average Bonchev–Trinajstić information content (AvgIpc) is 3.08. The van der Waals surface area contributed by atoms with Gasteiger partial charge in [0.05, 0.1) is 16.8 Å². The molecule has 2 N–H and O–H groups in total. The molecule has 1 saturated carbocycles. The van der Waals surface area contributed by atoms with Crippen LogP contribution in [0.3, 0.4) is 0 Å². The maximum atomic E-state index is 9.82. The number of aliphatic hydroxyl groups is 1. The van der Waals surface area contributed by atoms with Gasteiger partial charge >= 0.3 is 0 Å². The van der Waals surface area contributed by atoms with E-state index in [1.807, 2.05) is 0 Å². The molecule has 0 radical (unpaired) electrons. The fourth-order valence-corrected chi connectivity index (χ4v) is 2.73. The van der Waals surface area contributed by atoms with Crippen molar-refractivity contribution in [1.29, 1.82) is 0 Å². The van der Waals surface area contributed by atoms with Crippen molar-refractivity contribution in [2.24, 2.45) is 5.92 Å². The molecule has 1 aromatic heterocycles. The zero-order valence-corrected chi connectivity index (χ0v) is 11.5. The molecule has 0 saturated heterocycles. The van der Waals surface area contributed by atoms with E-state index in [4.69, 9.17) is 0 Å². The summed E-state index contributed by atoms with van der Waals surface area (Å²) in [4.78, 5) is 4.61. The van der Waals surface area contributed by atoms with Crippen molar-refractivity contribution in [3.05, 3.63) is 16.1 Å². The predicted octanol–water partition coefficient (Wildman–Crippen LogP) is 2.52. The van der Waals surface area contributed by atoms with Crippen molar-refractivity contribution in [1.82, 2.24) is 10.3 Å². The Bertz CT molecular complexity index is 349. The second kappa shape index (κ2) is 5.94. The van der Waals surface area contributed by atoms with Gasteiger partial charge in [-0.3, -0.25) is 0 Å². The SMILES string of the molecule is CCC(C)C(O)CNCc1csc(C2CC2)n1. The fraction of sp³-hybridized carbons (Fsp3) is 0.769. The Morgan fingerprint density at radius 2 is 2.35 bits per heavy atom. The number of aliphatic hydroxyl groups excluding tert-OH is 1. The molecule has 17 heavy (non-hydrogen) atoms. The molecular formula is C13H22N2OS. The molecule has 0 spiro atoms. The summed E-state index contributed by atoms with van der Waals surface area (Å²) in [6.45, 7) is 5.62. The first-order chi connectivity index (χ1) is 8.20. The lowest BCUT2D eigenvalue weighted by molar-refractivity contribution is 0.112. The number of nitrogens with zero attached hydrogens (tertiary/aromatic N) is 1. The first kappa shape index (κ1) is 13.0. The van der Waals surface area contributed by atoms with Gasteiger partial charge in [0, 0.05) is 24.4 Å². The highest BCUT2D eigenvalue weighted by atomic mass is 32.1. The average molecular weight is 254 g/mol. The lowest BCUT2D eigenvalue weighted by Gasteiger charge is -2.17. The second-order valence-electron chi connectivity index (χ2n) is 5.04. The molecular weight excluding hydrogens is 232 g/mol. The molecule has 0 amide bonds. The van der Waals surface area contributed by atoms with Gasteiger partial charge in [0.25, 0.3) is 0 Å². The molecule has 1 aliphatic rings. The van der Waals surface area contributed by atoms with E-state index in [-0.39, 0.29) is 6.10 Å². The van der Waals surface area contributed by atoms with Crippen LogP contribution in [0.15, 0.2) is 5.38 Å². The Balaban J connectivity index is 1.70. The van der Waals surface area contributed by atoms with E-state index in [0.29, 0.717) is 12.5 Å². The third kappa shape index (κ3) is 3.76. The zero-order chi connectivity index (χ0) is 12.3. The van der Waals surface area contributed by atoms with E-state index >= 15 is 0 Å². The molecule has 0 bridgehead atoms. The Morgan fingerprint density at radius 3 is 3.00 bits per heavy atom. The first-order valence-corrected chi connectivity index (χ1v) is 7.41. The number of rotatable bonds is 7. The van der Waals surface area contributed by atoms with Gasteiger partial charge in [-0.1, -0.05) is 20.3 Å². The molecule has 1 heterocycles. The van der Waals surface area contributed by atoms with Crippen molar-refractivity contribution in [3.8, 4) is 0 Å². The predicted molar refractivity (Wildman–Crippen MR) is 71.3 cm³/mol. The number of aromatic nitrogens is 1. The van der Waals surface area contributed by atoms with Crippen molar-refractivity contribution in [3.63, 3.8) is 0 Å². The summed E-state index contributed by atoms with van der Waals surface area (Å²) in [6.07, 6.45) is 3.40. The molecule has 0 aliphatic heterocycles. The maximum absolute atomic E-state index is 9.82. The Hall–Kier alpha value is -0.450. The normalized spacial score (nSPS) is 19.2. The van der Waals surface area contributed by atoms with Crippen LogP contribution in [0.5, 0.6) is 0 Å². The minimum Gasteiger partial charge on any atom is -0.392 e. The molecule has 2 atom stereocenters. The topological polar surface area (TPSA) is 45.1 Å². The number of hydrogen-bond acceptors (Lipinski definition) is 4. The van der Waals surface area contributed by atoms with E-state index in [2.05, 4.69) is 29.5 Å². The quantitative estimate of drug-likeness (QED) is 0.786. The van der Waals surface area contributed by atoms with Gasteiger partial charge in [0.2, 0.25) is 0 Å². The second-order valence-corrected chi connectivity index (χ2v) is 5.92. The van der Waals surface area contributed by atoms with Crippen LogP contribution in [0.1, 0.15) is 49.7 Å². The summed E-state index contributed by atoms with van der Waals surface area (Å²) in [6, 6.07) is 0. The van der Waals surface area contributed by atoms with Crippen molar-refractivity contribution < 1.29 is 5.11 Å². The van der Waals surface area contributed by atoms with Crippen LogP contribution < -0.4 is 5.32 Å². The highest BCUT2D eigenvalue weighted by Gasteiger charge is 2.26. The molecule has 4 heteroatoms. The third-order valence-corrected chi connectivity index (χ3v) is 4.51. The highest BCUT2D eigenvalue weighted by molar-refractivity contribution is 7.09. The van der Waals surface area contributed by atoms with Gasteiger partial charge in [-0.2, -0.15) is 0 Å². The molecule has 2 unspecified atom stereocenters. The summed E-state index contributed by atoms with van der Waals surface area (Å²) in [5.41, 5.74) is 1.12. The van der Waals surface area contributed by atoms with Crippen LogP contribution in [-0.4, -0.2) is 22.7 Å². The monoisotopic (exact) mass is 254 g/mol. The first-order valence-electron chi connectivity index (χ1n) is 6.53. The Labute approximate surface area is 107 Å².